The summed E-state index contributed by atoms with van der Waals surface area (Å²) in [7, 11) is 0. The molecule has 1 fully saturated rings. The molecule has 1 heteroatoms. The van der Waals surface area contributed by atoms with E-state index in [1.54, 1.807) is 0 Å². The van der Waals surface area contributed by atoms with Crippen molar-refractivity contribution in [1.82, 2.24) is 5.32 Å². The summed E-state index contributed by atoms with van der Waals surface area (Å²) < 4.78 is 0. The molecule has 1 heterocycles. The highest BCUT2D eigenvalue weighted by molar-refractivity contribution is 4.89. The summed E-state index contributed by atoms with van der Waals surface area (Å²) >= 11 is 0. The zero-order valence-corrected chi connectivity index (χ0v) is 15.8. The maximum absolute atomic E-state index is 3.60. The van der Waals surface area contributed by atoms with Crippen molar-refractivity contribution in [3.63, 3.8) is 0 Å². The van der Waals surface area contributed by atoms with Gasteiger partial charge in [-0.15, -0.1) is 0 Å². The first-order chi connectivity index (χ1) is 8.93. The van der Waals surface area contributed by atoms with Gasteiger partial charge < -0.3 is 5.32 Å². The van der Waals surface area contributed by atoms with E-state index in [2.05, 4.69) is 67.6 Å². The maximum atomic E-state index is 3.60. The van der Waals surface area contributed by atoms with E-state index in [1.165, 1.54) is 38.8 Å². The van der Waals surface area contributed by atoms with E-state index in [9.17, 15) is 0 Å². The van der Waals surface area contributed by atoms with E-state index in [0.717, 1.165) is 5.92 Å². The molecule has 1 aliphatic rings. The van der Waals surface area contributed by atoms with E-state index in [4.69, 9.17) is 0 Å². The number of rotatable bonds is 2. The molecule has 1 unspecified atom stereocenters. The van der Waals surface area contributed by atoms with Gasteiger partial charge in [-0.2, -0.15) is 0 Å². The lowest BCUT2D eigenvalue weighted by Gasteiger charge is -2.41. The number of hydrogen-bond donors (Lipinski definition) is 1. The lowest BCUT2D eigenvalue weighted by Crippen LogP contribution is -2.32. The van der Waals surface area contributed by atoms with Gasteiger partial charge in [0.1, 0.15) is 0 Å². The van der Waals surface area contributed by atoms with E-state index in [1.807, 2.05) is 0 Å². The third-order valence-corrected chi connectivity index (χ3v) is 4.16. The summed E-state index contributed by atoms with van der Waals surface area (Å²) in [4.78, 5) is 0. The van der Waals surface area contributed by atoms with Gasteiger partial charge >= 0.3 is 0 Å². The summed E-state index contributed by atoms with van der Waals surface area (Å²) in [6.45, 7) is 23.5. The molecular formula is C19H41N. The molecule has 0 aromatic rings. The Balaban J connectivity index is 0.00000110. The van der Waals surface area contributed by atoms with E-state index < -0.39 is 0 Å². The molecule has 0 aromatic carbocycles. The molecule has 1 nitrogen and oxygen atoms in total. The highest BCUT2D eigenvalue weighted by atomic mass is 14.9. The predicted molar refractivity (Wildman–Crippen MR) is 93.2 cm³/mol. The van der Waals surface area contributed by atoms with Gasteiger partial charge in [-0.05, 0) is 48.0 Å². The number of hydrogen-bond acceptors (Lipinski definition) is 1. The zero-order chi connectivity index (χ0) is 16.0. The SMILES string of the molecule is CC(C)(C)CC(C)(C)C1CCNCC(C)(C)C1.CCC. The molecule has 0 aromatic heterocycles. The van der Waals surface area contributed by atoms with Crippen LogP contribution < -0.4 is 5.32 Å². The fourth-order valence-corrected chi connectivity index (χ4v) is 3.72. The standard InChI is InChI=1S/C16H33N.C3H8/c1-14(2,3)11-16(6,7)13-8-9-17-12-15(4,5)10-13;1-3-2/h13,17H,8-12H2,1-7H3;3H2,1-2H3. The average molecular weight is 284 g/mol. The molecular weight excluding hydrogens is 242 g/mol. The Morgan fingerprint density at radius 2 is 1.55 bits per heavy atom. The molecule has 1 N–H and O–H groups in total. The van der Waals surface area contributed by atoms with Gasteiger partial charge in [0.05, 0.1) is 0 Å². The minimum atomic E-state index is 0.438. The van der Waals surface area contributed by atoms with Crippen LogP contribution in [0.4, 0.5) is 0 Å². The van der Waals surface area contributed by atoms with Crippen LogP contribution in [0.3, 0.4) is 0 Å². The second-order valence-corrected chi connectivity index (χ2v) is 9.46. The van der Waals surface area contributed by atoms with Crippen molar-refractivity contribution in [2.75, 3.05) is 13.1 Å². The van der Waals surface area contributed by atoms with Crippen LogP contribution in [0, 0.1) is 22.2 Å². The molecule has 0 aliphatic carbocycles. The monoisotopic (exact) mass is 283 g/mol. The summed E-state index contributed by atoms with van der Waals surface area (Å²) in [5.74, 6) is 0.853. The van der Waals surface area contributed by atoms with Gasteiger partial charge in [0.25, 0.3) is 0 Å². The van der Waals surface area contributed by atoms with E-state index in [-0.39, 0.29) is 0 Å². The van der Waals surface area contributed by atoms with Crippen molar-refractivity contribution in [1.29, 1.82) is 0 Å². The Morgan fingerprint density at radius 3 is 2.00 bits per heavy atom. The molecule has 0 spiro atoms. The van der Waals surface area contributed by atoms with Crippen LogP contribution in [0.2, 0.25) is 0 Å². The van der Waals surface area contributed by atoms with Crippen LogP contribution >= 0.6 is 0 Å². The Morgan fingerprint density at radius 1 is 1.05 bits per heavy atom. The van der Waals surface area contributed by atoms with E-state index >= 15 is 0 Å². The summed E-state index contributed by atoms with van der Waals surface area (Å²) in [6, 6.07) is 0. The Bertz CT molecular complexity index is 257. The van der Waals surface area contributed by atoms with Gasteiger partial charge in [-0.1, -0.05) is 68.7 Å². The first kappa shape index (κ1) is 20.0. The van der Waals surface area contributed by atoms with Crippen molar-refractivity contribution in [2.45, 2.75) is 88.0 Å². The maximum Gasteiger partial charge on any atom is 0.000262 e. The highest BCUT2D eigenvalue weighted by Gasteiger charge is 2.37. The van der Waals surface area contributed by atoms with Crippen molar-refractivity contribution in [3.8, 4) is 0 Å². The first-order valence-electron chi connectivity index (χ1n) is 8.64. The molecule has 0 radical (unpaired) electrons. The fourth-order valence-electron chi connectivity index (χ4n) is 3.72. The molecule has 1 aliphatic heterocycles. The third-order valence-electron chi connectivity index (χ3n) is 4.16. The van der Waals surface area contributed by atoms with Crippen molar-refractivity contribution in [2.24, 2.45) is 22.2 Å². The number of nitrogens with one attached hydrogen (secondary N) is 1. The van der Waals surface area contributed by atoms with Crippen LogP contribution in [-0.4, -0.2) is 13.1 Å². The third kappa shape index (κ3) is 8.29. The van der Waals surface area contributed by atoms with Crippen LogP contribution in [0.5, 0.6) is 0 Å². The zero-order valence-electron chi connectivity index (χ0n) is 15.8. The summed E-state index contributed by atoms with van der Waals surface area (Å²) in [5.41, 5.74) is 1.35. The molecule has 0 bridgehead atoms. The Labute approximate surface area is 129 Å². The largest absolute Gasteiger partial charge is 0.316 e. The quantitative estimate of drug-likeness (QED) is 0.666. The average Bonchev–Trinajstić information content (AvgIpc) is 2.37. The lowest BCUT2D eigenvalue weighted by molar-refractivity contribution is 0.0955. The van der Waals surface area contributed by atoms with Crippen LogP contribution in [0.1, 0.15) is 88.0 Å². The smallest absolute Gasteiger partial charge is 0.000262 e. The normalized spacial score (nSPS) is 23.6. The molecule has 1 rings (SSSR count). The van der Waals surface area contributed by atoms with Crippen LogP contribution in [0.15, 0.2) is 0 Å². The van der Waals surface area contributed by atoms with Crippen molar-refractivity contribution < 1.29 is 0 Å². The topological polar surface area (TPSA) is 12.0 Å². The predicted octanol–water partition coefficient (Wildman–Crippen LogP) is 5.89. The minimum Gasteiger partial charge on any atom is -0.316 e. The second-order valence-electron chi connectivity index (χ2n) is 9.46. The van der Waals surface area contributed by atoms with Gasteiger partial charge in [0, 0.05) is 6.54 Å². The molecule has 0 amide bonds. The molecule has 0 saturated carbocycles. The fraction of sp³-hybridized carbons (Fsp3) is 1.00. The molecule has 122 valence electrons. The molecule has 1 atom stereocenters. The van der Waals surface area contributed by atoms with Gasteiger partial charge in [0.2, 0.25) is 0 Å². The second kappa shape index (κ2) is 7.82. The Hall–Kier alpha value is -0.0400. The lowest BCUT2D eigenvalue weighted by atomic mass is 9.64. The summed E-state index contributed by atoms with van der Waals surface area (Å²) in [6.07, 6.45) is 5.27. The van der Waals surface area contributed by atoms with Crippen molar-refractivity contribution in [3.05, 3.63) is 0 Å². The van der Waals surface area contributed by atoms with Crippen molar-refractivity contribution >= 4 is 0 Å². The highest BCUT2D eigenvalue weighted by Crippen LogP contribution is 2.45. The van der Waals surface area contributed by atoms with E-state index in [0.29, 0.717) is 16.2 Å². The minimum absolute atomic E-state index is 0.438. The first-order valence-corrected chi connectivity index (χ1v) is 8.64. The van der Waals surface area contributed by atoms with Gasteiger partial charge in [-0.25, -0.2) is 0 Å². The van der Waals surface area contributed by atoms with Crippen LogP contribution in [-0.2, 0) is 0 Å². The summed E-state index contributed by atoms with van der Waals surface area (Å²) in [5, 5.41) is 3.60. The molecule has 20 heavy (non-hydrogen) atoms. The molecule has 1 saturated heterocycles. The van der Waals surface area contributed by atoms with Gasteiger partial charge in [-0.3, -0.25) is 0 Å². The van der Waals surface area contributed by atoms with Crippen LogP contribution in [0.25, 0.3) is 0 Å². The van der Waals surface area contributed by atoms with Gasteiger partial charge in [0.15, 0.2) is 0 Å². The Kier molecular flexibility index (Phi) is 7.81.